The number of pyridine rings is 1. The maximum absolute atomic E-state index is 12.4. The van der Waals surface area contributed by atoms with Gasteiger partial charge in [-0.15, -0.1) is 0 Å². The largest absolute Gasteiger partial charge is 0.493 e. The Morgan fingerprint density at radius 2 is 2.08 bits per heavy atom. The molecule has 1 aliphatic heterocycles. The summed E-state index contributed by atoms with van der Waals surface area (Å²) in [7, 11) is -3.82. The average Bonchev–Trinajstić information content (AvgIpc) is 2.55. The second-order valence-electron chi connectivity index (χ2n) is 5.09. The van der Waals surface area contributed by atoms with Crippen molar-refractivity contribution in [3.05, 3.63) is 42.1 Å². The van der Waals surface area contributed by atoms with E-state index in [4.69, 9.17) is 4.74 Å². The minimum atomic E-state index is -3.82. The fraction of sp³-hybridized carbons (Fsp3) is 0.267. The molecule has 3 rings (SSSR count). The van der Waals surface area contributed by atoms with E-state index in [0.29, 0.717) is 12.4 Å². The molecule has 1 N–H and O–H groups in total. The van der Waals surface area contributed by atoms with Crippen molar-refractivity contribution in [3.63, 3.8) is 0 Å². The zero-order valence-corrected chi connectivity index (χ0v) is 13.2. The second kappa shape index (κ2) is 6.60. The van der Waals surface area contributed by atoms with Gasteiger partial charge < -0.3 is 9.47 Å². The maximum atomic E-state index is 12.4. The minimum absolute atomic E-state index is 0.0969. The van der Waals surface area contributed by atoms with Gasteiger partial charge in [0.25, 0.3) is 10.0 Å². The van der Waals surface area contributed by atoms with Gasteiger partial charge in [0.2, 0.25) is 5.88 Å². The Balaban J connectivity index is 1.78. The van der Waals surface area contributed by atoms with Crippen molar-refractivity contribution in [3.8, 4) is 11.6 Å². The molecule has 24 heavy (non-hydrogen) atoms. The van der Waals surface area contributed by atoms with Crippen molar-refractivity contribution in [1.82, 2.24) is 4.98 Å². The van der Waals surface area contributed by atoms with Gasteiger partial charge in [-0.25, -0.2) is 13.4 Å². The SMILES string of the molecule is O=S(=O)(Nc1ccc(OC(F)F)nc1)c1ccc2c(c1)CCCO2. The molecule has 0 fully saturated rings. The second-order valence-corrected chi connectivity index (χ2v) is 6.77. The van der Waals surface area contributed by atoms with E-state index >= 15 is 0 Å². The van der Waals surface area contributed by atoms with Crippen LogP contribution in [0.25, 0.3) is 0 Å². The van der Waals surface area contributed by atoms with Gasteiger partial charge >= 0.3 is 6.61 Å². The number of halogens is 2. The molecule has 6 nitrogen and oxygen atoms in total. The molecule has 0 radical (unpaired) electrons. The average molecular weight is 356 g/mol. The van der Waals surface area contributed by atoms with Gasteiger partial charge in [-0.05, 0) is 42.7 Å². The molecule has 0 saturated heterocycles. The van der Waals surface area contributed by atoms with Crippen molar-refractivity contribution in [2.45, 2.75) is 24.3 Å². The van der Waals surface area contributed by atoms with Crippen LogP contribution in [0.1, 0.15) is 12.0 Å². The molecule has 1 aromatic heterocycles. The summed E-state index contributed by atoms with van der Waals surface area (Å²) in [6.45, 7) is -2.37. The first-order valence-corrected chi connectivity index (χ1v) is 8.62. The minimum Gasteiger partial charge on any atom is -0.493 e. The molecule has 1 aromatic carbocycles. The van der Waals surface area contributed by atoms with Crippen LogP contribution < -0.4 is 14.2 Å². The zero-order chi connectivity index (χ0) is 17.2. The Labute approximate surface area is 137 Å². The van der Waals surface area contributed by atoms with Gasteiger partial charge in [-0.1, -0.05) is 0 Å². The number of rotatable bonds is 5. The number of aryl methyl sites for hydroxylation is 1. The quantitative estimate of drug-likeness (QED) is 0.891. The number of hydrogen-bond acceptors (Lipinski definition) is 5. The molecule has 0 aliphatic carbocycles. The number of ether oxygens (including phenoxy) is 2. The van der Waals surface area contributed by atoms with Crippen LogP contribution in [0.4, 0.5) is 14.5 Å². The first kappa shape index (κ1) is 16.4. The maximum Gasteiger partial charge on any atom is 0.388 e. The van der Waals surface area contributed by atoms with Crippen molar-refractivity contribution in [2.75, 3.05) is 11.3 Å². The number of anilines is 1. The summed E-state index contributed by atoms with van der Waals surface area (Å²) >= 11 is 0. The third kappa shape index (κ3) is 3.73. The van der Waals surface area contributed by atoms with Crippen LogP contribution in [-0.4, -0.2) is 26.6 Å². The highest BCUT2D eigenvalue weighted by Gasteiger charge is 2.19. The molecule has 0 spiro atoms. The normalized spacial score (nSPS) is 14.0. The van der Waals surface area contributed by atoms with E-state index in [9.17, 15) is 17.2 Å². The number of nitrogens with zero attached hydrogens (tertiary/aromatic N) is 1. The Morgan fingerprint density at radius 1 is 1.25 bits per heavy atom. The van der Waals surface area contributed by atoms with Crippen LogP contribution in [0.2, 0.25) is 0 Å². The predicted molar refractivity (Wildman–Crippen MR) is 81.9 cm³/mol. The van der Waals surface area contributed by atoms with Crippen LogP contribution in [0.5, 0.6) is 11.6 Å². The van der Waals surface area contributed by atoms with E-state index in [-0.39, 0.29) is 16.5 Å². The monoisotopic (exact) mass is 356 g/mol. The highest BCUT2D eigenvalue weighted by atomic mass is 32.2. The van der Waals surface area contributed by atoms with E-state index in [1.54, 1.807) is 12.1 Å². The molecule has 0 saturated carbocycles. The van der Waals surface area contributed by atoms with Crippen molar-refractivity contribution >= 4 is 15.7 Å². The number of hydrogen-bond donors (Lipinski definition) is 1. The highest BCUT2D eigenvalue weighted by Crippen LogP contribution is 2.28. The highest BCUT2D eigenvalue weighted by molar-refractivity contribution is 7.92. The van der Waals surface area contributed by atoms with Gasteiger partial charge in [-0.3, -0.25) is 4.72 Å². The van der Waals surface area contributed by atoms with E-state index in [1.807, 2.05) is 0 Å². The molecule has 0 unspecified atom stereocenters. The van der Waals surface area contributed by atoms with Crippen LogP contribution >= 0.6 is 0 Å². The summed E-state index contributed by atoms with van der Waals surface area (Å²) in [5, 5.41) is 0. The number of sulfonamides is 1. The van der Waals surface area contributed by atoms with Crippen LogP contribution in [0.3, 0.4) is 0 Å². The summed E-state index contributed by atoms with van der Waals surface area (Å²) < 4.78 is 60.9. The summed E-state index contributed by atoms with van der Waals surface area (Å²) in [4.78, 5) is 3.71. The molecule has 0 atom stereocenters. The van der Waals surface area contributed by atoms with E-state index in [1.165, 1.54) is 12.1 Å². The van der Waals surface area contributed by atoms with Gasteiger partial charge in [0.15, 0.2) is 0 Å². The number of nitrogens with one attached hydrogen (secondary N) is 1. The molecule has 9 heteroatoms. The number of alkyl halides is 2. The first-order chi connectivity index (χ1) is 11.4. The Morgan fingerprint density at radius 3 is 2.79 bits per heavy atom. The van der Waals surface area contributed by atoms with Crippen molar-refractivity contribution in [2.24, 2.45) is 0 Å². The summed E-state index contributed by atoms with van der Waals surface area (Å²) in [5.74, 6) is 0.397. The standard InChI is InChI=1S/C15H14F2N2O4S/c16-15(17)23-14-6-3-11(9-18-14)19-24(20,21)12-4-5-13-10(8-12)2-1-7-22-13/h3-6,8-9,15,19H,1-2,7H2. The lowest BCUT2D eigenvalue weighted by Crippen LogP contribution is -2.15. The lowest BCUT2D eigenvalue weighted by Gasteiger charge is -2.18. The Bertz CT molecular complexity index is 826. The fourth-order valence-corrected chi connectivity index (χ4v) is 3.41. The van der Waals surface area contributed by atoms with Crippen molar-refractivity contribution < 1.29 is 26.7 Å². The van der Waals surface area contributed by atoms with Crippen LogP contribution in [0.15, 0.2) is 41.4 Å². The van der Waals surface area contributed by atoms with E-state index in [2.05, 4.69) is 14.4 Å². The molecule has 2 heterocycles. The van der Waals surface area contributed by atoms with Gasteiger partial charge in [0.1, 0.15) is 5.75 Å². The van der Waals surface area contributed by atoms with E-state index in [0.717, 1.165) is 30.7 Å². The summed E-state index contributed by atoms with van der Waals surface area (Å²) in [6, 6.07) is 7.10. The topological polar surface area (TPSA) is 77.5 Å². The summed E-state index contributed by atoms with van der Waals surface area (Å²) in [6.07, 6.45) is 2.69. The molecular weight excluding hydrogens is 342 g/mol. The molecule has 1 aliphatic rings. The van der Waals surface area contributed by atoms with Gasteiger partial charge in [0, 0.05) is 6.07 Å². The smallest absolute Gasteiger partial charge is 0.388 e. The lowest BCUT2D eigenvalue weighted by molar-refractivity contribution is -0.0528. The third-order valence-corrected chi connectivity index (χ3v) is 4.77. The van der Waals surface area contributed by atoms with Crippen molar-refractivity contribution in [1.29, 1.82) is 0 Å². The fourth-order valence-electron chi connectivity index (χ4n) is 2.32. The molecule has 0 amide bonds. The molecule has 0 bridgehead atoms. The number of aromatic nitrogens is 1. The predicted octanol–water partition coefficient (Wildman–Crippen LogP) is 2.81. The first-order valence-electron chi connectivity index (χ1n) is 7.13. The third-order valence-electron chi connectivity index (χ3n) is 3.39. The summed E-state index contributed by atoms with van der Waals surface area (Å²) in [5.41, 5.74) is 0.980. The zero-order valence-electron chi connectivity index (χ0n) is 12.4. The molecule has 128 valence electrons. The Kier molecular flexibility index (Phi) is 4.52. The number of fused-ring (bicyclic) bond motifs is 1. The molecule has 2 aromatic rings. The van der Waals surface area contributed by atoms with Gasteiger partial charge in [0.05, 0.1) is 23.4 Å². The van der Waals surface area contributed by atoms with Gasteiger partial charge in [-0.2, -0.15) is 8.78 Å². The van der Waals surface area contributed by atoms with E-state index < -0.39 is 16.6 Å². The van der Waals surface area contributed by atoms with Crippen LogP contribution in [-0.2, 0) is 16.4 Å². The number of benzene rings is 1. The molecular formula is C15H14F2N2O4S. The Hall–Kier alpha value is -2.42. The van der Waals surface area contributed by atoms with Crippen LogP contribution in [0, 0.1) is 0 Å². The lowest BCUT2D eigenvalue weighted by atomic mass is 10.1.